The van der Waals surface area contributed by atoms with Gasteiger partial charge in [0.1, 0.15) is 16.4 Å². The Hall–Kier alpha value is -0.520. The lowest BCUT2D eigenvalue weighted by atomic mass is 9.86. The molecule has 0 spiro atoms. The standard InChI is InChI=1S/C12H18ClNO3S/c1-9-12(6-11(7-13)17-9)18(15,16)14(2)8-10-4-3-5-10/h6,10H,3-5,7-8H2,1-2H3. The lowest BCUT2D eigenvalue weighted by molar-refractivity contribution is 0.263. The second kappa shape index (κ2) is 5.23. The lowest BCUT2D eigenvalue weighted by Gasteiger charge is -2.29. The van der Waals surface area contributed by atoms with E-state index in [2.05, 4.69) is 0 Å². The fraction of sp³-hybridized carbons (Fsp3) is 0.667. The van der Waals surface area contributed by atoms with Gasteiger partial charge >= 0.3 is 0 Å². The maximum atomic E-state index is 12.4. The summed E-state index contributed by atoms with van der Waals surface area (Å²) < 4.78 is 31.5. The molecule has 1 aliphatic carbocycles. The molecule has 6 heteroatoms. The Kier molecular flexibility index (Phi) is 4.04. The lowest BCUT2D eigenvalue weighted by Crippen LogP contribution is -2.34. The van der Waals surface area contributed by atoms with Gasteiger partial charge in [0.25, 0.3) is 0 Å². The number of hydrogen-bond acceptors (Lipinski definition) is 3. The molecule has 0 bridgehead atoms. The maximum Gasteiger partial charge on any atom is 0.246 e. The Balaban J connectivity index is 2.20. The summed E-state index contributed by atoms with van der Waals surface area (Å²) in [4.78, 5) is 0.236. The number of nitrogens with zero attached hydrogens (tertiary/aromatic N) is 1. The number of alkyl halides is 1. The van der Waals surface area contributed by atoms with Crippen LogP contribution >= 0.6 is 11.6 Å². The van der Waals surface area contributed by atoms with E-state index in [1.165, 1.54) is 16.8 Å². The van der Waals surface area contributed by atoms with Crippen molar-refractivity contribution in [1.82, 2.24) is 4.31 Å². The molecule has 18 heavy (non-hydrogen) atoms. The van der Waals surface area contributed by atoms with Gasteiger partial charge < -0.3 is 4.42 Å². The molecular formula is C12H18ClNO3S. The number of aryl methyl sites for hydroxylation is 1. The van der Waals surface area contributed by atoms with Gasteiger partial charge in [-0.25, -0.2) is 12.7 Å². The van der Waals surface area contributed by atoms with E-state index in [4.69, 9.17) is 16.0 Å². The van der Waals surface area contributed by atoms with Gasteiger partial charge in [-0.3, -0.25) is 0 Å². The Morgan fingerprint density at radius 3 is 2.61 bits per heavy atom. The molecule has 1 fully saturated rings. The molecule has 0 saturated heterocycles. The van der Waals surface area contributed by atoms with Crippen molar-refractivity contribution in [2.24, 2.45) is 5.92 Å². The first-order valence-corrected chi connectivity index (χ1v) is 8.04. The van der Waals surface area contributed by atoms with Crippen molar-refractivity contribution in [2.75, 3.05) is 13.6 Å². The van der Waals surface area contributed by atoms with Crippen molar-refractivity contribution in [3.8, 4) is 0 Å². The van der Waals surface area contributed by atoms with Crippen molar-refractivity contribution < 1.29 is 12.8 Å². The third-order valence-corrected chi connectivity index (χ3v) is 5.68. The average molecular weight is 292 g/mol. The van der Waals surface area contributed by atoms with Crippen molar-refractivity contribution in [2.45, 2.75) is 37.0 Å². The first-order chi connectivity index (χ1) is 8.45. The zero-order chi connectivity index (χ0) is 13.3. The summed E-state index contributed by atoms with van der Waals surface area (Å²) in [6.07, 6.45) is 3.45. The van der Waals surface area contributed by atoms with E-state index >= 15 is 0 Å². The molecule has 1 aromatic rings. The first kappa shape index (κ1) is 13.9. The van der Waals surface area contributed by atoms with Gasteiger partial charge in [0, 0.05) is 19.7 Å². The normalized spacial score (nSPS) is 17.1. The molecular weight excluding hydrogens is 274 g/mol. The summed E-state index contributed by atoms with van der Waals surface area (Å²) in [6.45, 7) is 2.24. The minimum absolute atomic E-state index is 0.183. The molecule has 2 rings (SSSR count). The molecule has 0 N–H and O–H groups in total. The van der Waals surface area contributed by atoms with Crippen LogP contribution in [0.1, 0.15) is 30.8 Å². The molecule has 0 amide bonds. The summed E-state index contributed by atoms with van der Waals surface area (Å²) >= 11 is 5.66. The fourth-order valence-electron chi connectivity index (χ4n) is 2.15. The van der Waals surface area contributed by atoms with Crippen molar-refractivity contribution in [3.05, 3.63) is 17.6 Å². The Bertz CT molecular complexity index is 519. The van der Waals surface area contributed by atoms with Crippen molar-refractivity contribution in [1.29, 1.82) is 0 Å². The molecule has 1 aliphatic rings. The molecule has 1 aromatic heterocycles. The number of halogens is 1. The van der Waals surface area contributed by atoms with E-state index in [1.54, 1.807) is 14.0 Å². The van der Waals surface area contributed by atoms with Gasteiger partial charge in [-0.2, -0.15) is 0 Å². The van der Waals surface area contributed by atoms with Crippen LogP contribution in [0.25, 0.3) is 0 Å². The van der Waals surface area contributed by atoms with Gasteiger partial charge in [-0.05, 0) is 25.7 Å². The van der Waals surface area contributed by atoms with Crippen molar-refractivity contribution >= 4 is 21.6 Å². The van der Waals surface area contributed by atoms with Crippen LogP contribution in [0.3, 0.4) is 0 Å². The summed E-state index contributed by atoms with van der Waals surface area (Å²) in [5.41, 5.74) is 0. The minimum atomic E-state index is -3.45. The summed E-state index contributed by atoms with van der Waals surface area (Å²) in [5, 5.41) is 0. The van der Waals surface area contributed by atoms with Gasteiger partial charge in [0.15, 0.2) is 0 Å². The van der Waals surface area contributed by atoms with Gasteiger partial charge in [-0.1, -0.05) is 6.42 Å². The predicted octanol–water partition coefficient (Wildman–Crippen LogP) is 2.75. The zero-order valence-corrected chi connectivity index (χ0v) is 12.2. The highest BCUT2D eigenvalue weighted by Gasteiger charge is 2.29. The van der Waals surface area contributed by atoms with E-state index < -0.39 is 10.0 Å². The molecule has 0 aromatic carbocycles. The molecule has 102 valence electrons. The van der Waals surface area contributed by atoms with Crippen LogP contribution < -0.4 is 0 Å². The predicted molar refractivity (Wildman–Crippen MR) is 70.2 cm³/mol. The van der Waals surface area contributed by atoms with E-state index in [9.17, 15) is 8.42 Å². The number of hydrogen-bond donors (Lipinski definition) is 0. The Labute approximate surface area is 113 Å². The van der Waals surface area contributed by atoms with Crippen LogP contribution in [0.15, 0.2) is 15.4 Å². The van der Waals surface area contributed by atoms with Crippen LogP contribution in [-0.2, 0) is 15.9 Å². The monoisotopic (exact) mass is 291 g/mol. The molecule has 0 unspecified atom stereocenters. The first-order valence-electron chi connectivity index (χ1n) is 6.06. The topological polar surface area (TPSA) is 50.5 Å². The Morgan fingerprint density at radius 1 is 1.50 bits per heavy atom. The van der Waals surface area contributed by atoms with Crippen LogP contribution in [-0.4, -0.2) is 26.3 Å². The van der Waals surface area contributed by atoms with Gasteiger partial charge in [0.05, 0.1) is 5.88 Å². The second-order valence-corrected chi connectivity index (χ2v) is 7.13. The highest BCUT2D eigenvalue weighted by molar-refractivity contribution is 7.89. The van der Waals surface area contributed by atoms with Crippen LogP contribution in [0, 0.1) is 12.8 Å². The van der Waals surface area contributed by atoms with E-state index in [0.29, 0.717) is 24.0 Å². The van der Waals surface area contributed by atoms with Crippen LogP contribution in [0.5, 0.6) is 0 Å². The largest absolute Gasteiger partial charge is 0.464 e. The van der Waals surface area contributed by atoms with Crippen LogP contribution in [0.4, 0.5) is 0 Å². The fourth-order valence-corrected chi connectivity index (χ4v) is 3.71. The van der Waals surface area contributed by atoms with Gasteiger partial charge in [-0.15, -0.1) is 11.6 Å². The van der Waals surface area contributed by atoms with E-state index in [-0.39, 0.29) is 10.8 Å². The van der Waals surface area contributed by atoms with E-state index in [1.807, 2.05) is 0 Å². The second-order valence-electron chi connectivity index (χ2n) is 4.85. The summed E-state index contributed by atoms with van der Waals surface area (Å²) in [5.74, 6) is 1.59. The minimum Gasteiger partial charge on any atom is -0.464 e. The molecule has 1 heterocycles. The summed E-state index contributed by atoms with van der Waals surface area (Å²) in [6, 6.07) is 1.52. The SMILES string of the molecule is Cc1oc(CCl)cc1S(=O)(=O)N(C)CC1CCC1. The molecule has 0 radical (unpaired) electrons. The average Bonchev–Trinajstić information content (AvgIpc) is 2.65. The maximum absolute atomic E-state index is 12.4. The Morgan fingerprint density at radius 2 is 2.17 bits per heavy atom. The summed E-state index contributed by atoms with van der Waals surface area (Å²) in [7, 11) is -1.82. The molecule has 4 nitrogen and oxygen atoms in total. The third-order valence-electron chi connectivity index (χ3n) is 3.48. The smallest absolute Gasteiger partial charge is 0.246 e. The number of sulfonamides is 1. The van der Waals surface area contributed by atoms with Crippen LogP contribution in [0.2, 0.25) is 0 Å². The van der Waals surface area contributed by atoms with E-state index in [0.717, 1.165) is 12.8 Å². The molecule has 1 saturated carbocycles. The molecule has 0 aliphatic heterocycles. The molecule has 0 atom stereocenters. The number of rotatable bonds is 5. The van der Waals surface area contributed by atoms with Gasteiger partial charge in [0.2, 0.25) is 10.0 Å². The highest BCUT2D eigenvalue weighted by Crippen LogP contribution is 2.30. The zero-order valence-electron chi connectivity index (χ0n) is 10.6. The third kappa shape index (κ3) is 2.58. The quantitative estimate of drug-likeness (QED) is 0.784. The highest BCUT2D eigenvalue weighted by atomic mass is 35.5. The number of furan rings is 1. The van der Waals surface area contributed by atoms with Crippen molar-refractivity contribution in [3.63, 3.8) is 0 Å².